The number of amides is 2. The van der Waals surface area contributed by atoms with Crippen molar-refractivity contribution in [2.24, 2.45) is 0 Å². The van der Waals surface area contributed by atoms with E-state index in [0.29, 0.717) is 27.8 Å². The van der Waals surface area contributed by atoms with Gasteiger partial charge in [0.1, 0.15) is 12.2 Å². The minimum atomic E-state index is -0.508. The molecular weight excluding hydrogens is 368 g/mol. The molecule has 27 heavy (non-hydrogen) atoms. The number of anilines is 1. The Morgan fingerprint density at radius 1 is 1.22 bits per heavy atom. The standard InChI is InChI=1S/C20H15ClN2O4/c1-3-9-27-17-8-7-13(11-18(17)26-2)10-16-19(24)22-23(20(16)25)15-6-4-5-14(21)12-15/h1,4-8,10-12H,9H2,2H3,(H,22,24). The molecule has 0 spiro atoms. The fourth-order valence-electron chi connectivity index (χ4n) is 2.53. The number of hydrazine groups is 1. The molecule has 2 amide bonds. The summed E-state index contributed by atoms with van der Waals surface area (Å²) >= 11 is 5.95. The highest BCUT2D eigenvalue weighted by molar-refractivity contribution is 6.33. The normalized spacial score (nSPS) is 14.9. The largest absolute Gasteiger partial charge is 0.493 e. The summed E-state index contributed by atoms with van der Waals surface area (Å²) in [6, 6.07) is 11.6. The topological polar surface area (TPSA) is 67.9 Å². The van der Waals surface area contributed by atoms with Gasteiger partial charge in [0.05, 0.1) is 12.8 Å². The lowest BCUT2D eigenvalue weighted by Crippen LogP contribution is -2.35. The van der Waals surface area contributed by atoms with Crippen molar-refractivity contribution in [2.75, 3.05) is 18.7 Å². The van der Waals surface area contributed by atoms with Crippen LogP contribution in [0.2, 0.25) is 5.02 Å². The minimum absolute atomic E-state index is 0.00526. The number of ether oxygens (including phenoxy) is 2. The SMILES string of the molecule is C#CCOc1ccc(C=C2C(=O)NN(c3cccc(Cl)c3)C2=O)cc1OC. The molecule has 0 aliphatic carbocycles. The van der Waals surface area contributed by atoms with Crippen LogP contribution in [-0.4, -0.2) is 25.5 Å². The van der Waals surface area contributed by atoms with Gasteiger partial charge in [-0.15, -0.1) is 6.42 Å². The van der Waals surface area contributed by atoms with Crippen LogP contribution in [0.5, 0.6) is 11.5 Å². The summed E-state index contributed by atoms with van der Waals surface area (Å²) < 4.78 is 10.7. The number of nitrogens with zero attached hydrogens (tertiary/aromatic N) is 1. The van der Waals surface area contributed by atoms with Crippen molar-refractivity contribution in [3.05, 3.63) is 58.6 Å². The molecule has 1 N–H and O–H groups in total. The molecule has 0 aromatic heterocycles. The molecule has 1 fully saturated rings. The third kappa shape index (κ3) is 3.89. The lowest BCUT2D eigenvalue weighted by atomic mass is 10.1. The van der Waals surface area contributed by atoms with Crippen LogP contribution in [0.4, 0.5) is 5.69 Å². The van der Waals surface area contributed by atoms with Gasteiger partial charge in [-0.1, -0.05) is 29.7 Å². The lowest BCUT2D eigenvalue weighted by molar-refractivity contribution is -0.117. The molecule has 3 rings (SSSR count). The van der Waals surface area contributed by atoms with E-state index >= 15 is 0 Å². The summed E-state index contributed by atoms with van der Waals surface area (Å²) in [6.45, 7) is 0.103. The molecule has 1 saturated heterocycles. The first-order valence-corrected chi connectivity index (χ1v) is 8.28. The van der Waals surface area contributed by atoms with E-state index in [-0.39, 0.29) is 12.2 Å². The van der Waals surface area contributed by atoms with Crippen molar-refractivity contribution in [1.82, 2.24) is 5.43 Å². The van der Waals surface area contributed by atoms with Gasteiger partial charge in [0.2, 0.25) is 0 Å². The number of methoxy groups -OCH3 is 1. The van der Waals surface area contributed by atoms with Gasteiger partial charge >= 0.3 is 0 Å². The molecule has 0 unspecified atom stereocenters. The van der Waals surface area contributed by atoms with Crippen molar-refractivity contribution in [3.63, 3.8) is 0 Å². The Bertz CT molecular complexity index is 978. The molecule has 1 aliphatic heterocycles. The predicted molar refractivity (Wildman–Crippen MR) is 102 cm³/mol. The zero-order valence-electron chi connectivity index (χ0n) is 14.4. The molecule has 1 aliphatic rings. The van der Waals surface area contributed by atoms with Gasteiger partial charge in [0.25, 0.3) is 11.8 Å². The molecule has 1 heterocycles. The zero-order valence-corrected chi connectivity index (χ0v) is 15.1. The number of terminal acetylenes is 1. The number of hydrogen-bond donors (Lipinski definition) is 1. The Morgan fingerprint density at radius 2 is 2.04 bits per heavy atom. The van der Waals surface area contributed by atoms with Crippen molar-refractivity contribution in [3.8, 4) is 23.8 Å². The van der Waals surface area contributed by atoms with Gasteiger partial charge in [-0.25, -0.2) is 5.01 Å². The maximum Gasteiger partial charge on any atom is 0.282 e. The molecule has 0 saturated carbocycles. The van der Waals surface area contributed by atoms with E-state index < -0.39 is 11.8 Å². The van der Waals surface area contributed by atoms with E-state index in [9.17, 15) is 9.59 Å². The van der Waals surface area contributed by atoms with E-state index in [4.69, 9.17) is 27.5 Å². The fraction of sp³-hybridized carbons (Fsp3) is 0.100. The zero-order chi connectivity index (χ0) is 19.4. The van der Waals surface area contributed by atoms with Crippen molar-refractivity contribution in [2.45, 2.75) is 0 Å². The summed E-state index contributed by atoms with van der Waals surface area (Å²) in [4.78, 5) is 24.9. The third-order valence-electron chi connectivity index (χ3n) is 3.77. The highest BCUT2D eigenvalue weighted by Gasteiger charge is 2.34. The van der Waals surface area contributed by atoms with Crippen LogP contribution >= 0.6 is 11.6 Å². The monoisotopic (exact) mass is 382 g/mol. The molecule has 6 nitrogen and oxygen atoms in total. The van der Waals surface area contributed by atoms with E-state index in [1.807, 2.05) is 0 Å². The van der Waals surface area contributed by atoms with Gasteiger partial charge < -0.3 is 9.47 Å². The highest BCUT2D eigenvalue weighted by Crippen LogP contribution is 2.30. The second-order valence-electron chi connectivity index (χ2n) is 5.52. The maximum atomic E-state index is 12.6. The Kier molecular flexibility index (Phi) is 5.34. The van der Waals surface area contributed by atoms with Crippen LogP contribution < -0.4 is 19.9 Å². The molecule has 0 bridgehead atoms. The van der Waals surface area contributed by atoms with E-state index in [0.717, 1.165) is 5.01 Å². The summed E-state index contributed by atoms with van der Waals surface area (Å²) in [5.74, 6) is 2.30. The van der Waals surface area contributed by atoms with Crippen LogP contribution in [0, 0.1) is 12.3 Å². The fourth-order valence-corrected chi connectivity index (χ4v) is 2.72. The second kappa shape index (κ2) is 7.85. The van der Waals surface area contributed by atoms with Crippen LogP contribution in [0.15, 0.2) is 48.0 Å². The first-order valence-electron chi connectivity index (χ1n) is 7.90. The molecular formula is C20H15ClN2O4. The number of carbonyl (C=O) groups is 2. The van der Waals surface area contributed by atoms with Crippen molar-refractivity contribution >= 4 is 35.2 Å². The van der Waals surface area contributed by atoms with Gasteiger partial charge in [0.15, 0.2) is 11.5 Å². The first-order chi connectivity index (χ1) is 13.0. The van der Waals surface area contributed by atoms with Crippen LogP contribution in [0.25, 0.3) is 6.08 Å². The number of benzene rings is 2. The number of nitrogens with one attached hydrogen (secondary N) is 1. The average Bonchev–Trinajstić information content (AvgIpc) is 2.95. The van der Waals surface area contributed by atoms with Crippen LogP contribution in [-0.2, 0) is 9.59 Å². The number of hydrogen-bond acceptors (Lipinski definition) is 4. The third-order valence-corrected chi connectivity index (χ3v) is 4.00. The second-order valence-corrected chi connectivity index (χ2v) is 5.96. The highest BCUT2D eigenvalue weighted by atomic mass is 35.5. The first kappa shape index (κ1) is 18.4. The van der Waals surface area contributed by atoms with Crippen molar-refractivity contribution in [1.29, 1.82) is 0 Å². The summed E-state index contributed by atoms with van der Waals surface area (Å²) in [5.41, 5.74) is 3.60. The quantitative estimate of drug-likeness (QED) is 0.490. The smallest absolute Gasteiger partial charge is 0.282 e. The van der Waals surface area contributed by atoms with Crippen LogP contribution in [0.3, 0.4) is 0 Å². The summed E-state index contributed by atoms with van der Waals surface area (Å²) in [5, 5.41) is 1.61. The molecule has 2 aromatic rings. The molecule has 7 heteroatoms. The predicted octanol–water partition coefficient (Wildman–Crippen LogP) is 2.82. The molecule has 136 valence electrons. The summed E-state index contributed by atoms with van der Waals surface area (Å²) in [7, 11) is 1.49. The van der Waals surface area contributed by atoms with Gasteiger partial charge in [-0.3, -0.25) is 15.0 Å². The lowest BCUT2D eigenvalue weighted by Gasteiger charge is -2.14. The Labute approximate surface area is 161 Å². The number of rotatable bonds is 5. The van der Waals surface area contributed by atoms with Crippen LogP contribution in [0.1, 0.15) is 5.56 Å². The minimum Gasteiger partial charge on any atom is -0.493 e. The average molecular weight is 383 g/mol. The maximum absolute atomic E-state index is 12.6. The molecule has 2 aromatic carbocycles. The van der Waals surface area contributed by atoms with Gasteiger partial charge in [-0.05, 0) is 42.0 Å². The van der Waals surface area contributed by atoms with Crippen molar-refractivity contribution < 1.29 is 19.1 Å². The molecule has 0 radical (unpaired) electrons. The number of carbonyl (C=O) groups excluding carboxylic acids is 2. The summed E-state index contributed by atoms with van der Waals surface area (Å²) in [6.07, 6.45) is 6.67. The molecule has 0 atom stereocenters. The Morgan fingerprint density at radius 3 is 2.74 bits per heavy atom. The van der Waals surface area contributed by atoms with Gasteiger partial charge in [-0.2, -0.15) is 0 Å². The van der Waals surface area contributed by atoms with E-state index in [2.05, 4.69) is 11.3 Å². The van der Waals surface area contributed by atoms with E-state index in [1.165, 1.54) is 13.2 Å². The van der Waals surface area contributed by atoms with Gasteiger partial charge in [0, 0.05) is 5.02 Å². The number of halogens is 1. The Hall–Kier alpha value is -3.43. The van der Waals surface area contributed by atoms with E-state index in [1.54, 1.807) is 42.5 Å². The Balaban J connectivity index is 1.89.